The van der Waals surface area contributed by atoms with E-state index in [1.54, 1.807) is 67.6 Å². The van der Waals surface area contributed by atoms with Crippen molar-refractivity contribution in [1.29, 1.82) is 0 Å². The number of ether oxygens (including phenoxy) is 1. The molecule has 1 aliphatic carbocycles. The highest BCUT2D eigenvalue weighted by Gasteiger charge is 2.35. The van der Waals surface area contributed by atoms with Crippen molar-refractivity contribution in [3.63, 3.8) is 0 Å². The van der Waals surface area contributed by atoms with Crippen LogP contribution in [0.4, 0.5) is 5.69 Å². The molecule has 0 unspecified atom stereocenters. The van der Waals surface area contributed by atoms with Gasteiger partial charge in [0.2, 0.25) is 11.8 Å². The van der Waals surface area contributed by atoms with Crippen molar-refractivity contribution in [2.75, 3.05) is 17.5 Å². The summed E-state index contributed by atoms with van der Waals surface area (Å²) >= 11 is 6.49. The van der Waals surface area contributed by atoms with Crippen LogP contribution in [0.2, 0.25) is 5.02 Å². The van der Waals surface area contributed by atoms with Gasteiger partial charge in [0, 0.05) is 17.6 Å². The molecule has 42 heavy (non-hydrogen) atoms. The van der Waals surface area contributed by atoms with Crippen molar-refractivity contribution in [3.8, 4) is 5.75 Å². The minimum atomic E-state index is -4.20. The molecule has 0 radical (unpaired) electrons. The van der Waals surface area contributed by atoms with Gasteiger partial charge in [0.15, 0.2) is 0 Å². The molecular formula is C32H38ClN3O5S. The normalized spacial score (nSPS) is 14.3. The third-order valence-electron chi connectivity index (χ3n) is 7.43. The maximum atomic E-state index is 14.3. The second-order valence-corrected chi connectivity index (χ2v) is 12.5. The molecule has 1 atom stereocenters. The van der Waals surface area contributed by atoms with Crippen LogP contribution in [0.1, 0.15) is 51.5 Å². The third-order valence-corrected chi connectivity index (χ3v) is 9.57. The molecule has 0 bridgehead atoms. The Morgan fingerprint density at radius 1 is 0.952 bits per heavy atom. The first kappa shape index (κ1) is 31.4. The maximum absolute atomic E-state index is 14.3. The number of halogens is 1. The van der Waals surface area contributed by atoms with Crippen molar-refractivity contribution >= 4 is 39.1 Å². The number of para-hydroxylation sites is 2. The molecule has 0 aromatic heterocycles. The van der Waals surface area contributed by atoms with Crippen molar-refractivity contribution < 1.29 is 22.7 Å². The second kappa shape index (κ2) is 14.6. The van der Waals surface area contributed by atoms with Crippen molar-refractivity contribution in [1.82, 2.24) is 10.2 Å². The Labute approximate surface area is 253 Å². The summed E-state index contributed by atoms with van der Waals surface area (Å²) in [7, 11) is -4.20. The Bertz CT molecular complexity index is 1460. The van der Waals surface area contributed by atoms with Gasteiger partial charge in [-0.1, -0.05) is 79.9 Å². The molecule has 8 nitrogen and oxygen atoms in total. The first-order valence-electron chi connectivity index (χ1n) is 14.4. The van der Waals surface area contributed by atoms with Gasteiger partial charge in [-0.2, -0.15) is 0 Å². The average Bonchev–Trinajstić information content (AvgIpc) is 3.50. The molecule has 3 aromatic carbocycles. The number of benzene rings is 3. The molecule has 1 fully saturated rings. The minimum absolute atomic E-state index is 0.0350. The monoisotopic (exact) mass is 611 g/mol. The van der Waals surface area contributed by atoms with E-state index in [0.717, 1.165) is 30.0 Å². The Kier molecular flexibility index (Phi) is 10.9. The van der Waals surface area contributed by atoms with Crippen LogP contribution in [0.25, 0.3) is 0 Å². The number of amides is 2. The largest absolute Gasteiger partial charge is 0.492 e. The maximum Gasteiger partial charge on any atom is 0.264 e. The summed E-state index contributed by atoms with van der Waals surface area (Å²) in [5.74, 6) is -0.456. The molecule has 0 spiro atoms. The minimum Gasteiger partial charge on any atom is -0.492 e. The van der Waals surface area contributed by atoms with E-state index in [2.05, 4.69) is 5.32 Å². The topological polar surface area (TPSA) is 96.0 Å². The van der Waals surface area contributed by atoms with Crippen LogP contribution in [0.5, 0.6) is 5.75 Å². The van der Waals surface area contributed by atoms with Crippen molar-refractivity contribution in [2.45, 2.75) is 69.5 Å². The van der Waals surface area contributed by atoms with Gasteiger partial charge >= 0.3 is 0 Å². The number of hydrogen-bond donors (Lipinski definition) is 1. The zero-order valence-corrected chi connectivity index (χ0v) is 25.6. The Balaban J connectivity index is 1.75. The molecule has 1 N–H and O–H groups in total. The lowest BCUT2D eigenvalue weighted by Crippen LogP contribution is -2.53. The number of rotatable bonds is 13. The highest BCUT2D eigenvalue weighted by molar-refractivity contribution is 7.92. The number of sulfonamides is 1. The smallest absolute Gasteiger partial charge is 0.264 e. The van der Waals surface area contributed by atoms with Crippen LogP contribution in [0.3, 0.4) is 0 Å². The van der Waals surface area contributed by atoms with E-state index in [1.165, 1.54) is 17.0 Å². The van der Waals surface area contributed by atoms with Crippen molar-refractivity contribution in [3.05, 3.63) is 89.4 Å². The first-order chi connectivity index (χ1) is 20.3. The van der Waals surface area contributed by atoms with Crippen LogP contribution in [-0.2, 0) is 26.2 Å². The summed E-state index contributed by atoms with van der Waals surface area (Å²) in [6.07, 6.45) is 4.25. The van der Waals surface area contributed by atoms with Gasteiger partial charge in [-0.15, -0.1) is 0 Å². The molecule has 4 rings (SSSR count). The van der Waals surface area contributed by atoms with E-state index >= 15 is 0 Å². The summed E-state index contributed by atoms with van der Waals surface area (Å²) in [6.45, 7) is 3.45. The van der Waals surface area contributed by atoms with E-state index in [4.69, 9.17) is 16.3 Å². The molecular weight excluding hydrogens is 574 g/mol. The fraction of sp³-hybridized carbons (Fsp3) is 0.375. The van der Waals surface area contributed by atoms with Gasteiger partial charge in [-0.25, -0.2) is 8.42 Å². The van der Waals surface area contributed by atoms with Crippen LogP contribution < -0.4 is 14.4 Å². The summed E-state index contributed by atoms with van der Waals surface area (Å²) in [5, 5.41) is 3.57. The number of anilines is 1. The van der Waals surface area contributed by atoms with Gasteiger partial charge in [0.1, 0.15) is 18.3 Å². The lowest BCUT2D eigenvalue weighted by atomic mass is 10.1. The fourth-order valence-electron chi connectivity index (χ4n) is 5.27. The summed E-state index contributed by atoms with van der Waals surface area (Å²) in [5.41, 5.74) is 0.893. The summed E-state index contributed by atoms with van der Waals surface area (Å²) in [6, 6.07) is 21.1. The van der Waals surface area contributed by atoms with Crippen LogP contribution in [0, 0.1) is 0 Å². The van der Waals surface area contributed by atoms with Gasteiger partial charge in [0.25, 0.3) is 10.0 Å². The van der Waals surface area contributed by atoms with Crippen molar-refractivity contribution in [2.24, 2.45) is 0 Å². The molecule has 224 valence electrons. The summed E-state index contributed by atoms with van der Waals surface area (Å²) in [4.78, 5) is 29.3. The van der Waals surface area contributed by atoms with E-state index in [1.807, 2.05) is 13.0 Å². The average molecular weight is 612 g/mol. The first-order valence-corrected chi connectivity index (χ1v) is 16.2. The molecule has 10 heteroatoms. The van der Waals surface area contributed by atoms with Gasteiger partial charge in [0.05, 0.1) is 17.2 Å². The Morgan fingerprint density at radius 2 is 1.60 bits per heavy atom. The third kappa shape index (κ3) is 7.44. The standard InChI is InChI=1S/C32H38ClN3O5S/c1-3-28(32(38)34-25-15-9-10-16-25)35(22-24-14-8-11-19-27(24)33)31(37)23-36(29-20-12-13-21-30(29)41-4-2)42(39,40)26-17-6-5-7-18-26/h5-8,11-14,17-21,25,28H,3-4,9-10,15-16,22-23H2,1-2H3,(H,34,38)/t28-/m0/s1. The lowest BCUT2D eigenvalue weighted by Gasteiger charge is -2.34. The quantitative estimate of drug-likeness (QED) is 0.264. The second-order valence-electron chi connectivity index (χ2n) is 10.3. The van der Waals surface area contributed by atoms with Crippen LogP contribution >= 0.6 is 11.6 Å². The van der Waals surface area contributed by atoms with Gasteiger partial charge in [-0.3, -0.25) is 13.9 Å². The lowest BCUT2D eigenvalue weighted by molar-refractivity contribution is -0.140. The molecule has 3 aromatic rings. The summed E-state index contributed by atoms with van der Waals surface area (Å²) < 4.78 is 35.0. The number of carbonyl (C=O) groups is 2. The van der Waals surface area contributed by atoms with Gasteiger partial charge < -0.3 is 15.0 Å². The highest BCUT2D eigenvalue weighted by Crippen LogP contribution is 2.33. The van der Waals surface area contributed by atoms with Crippen LogP contribution in [-0.4, -0.2) is 50.4 Å². The highest BCUT2D eigenvalue weighted by atomic mass is 35.5. The number of nitrogens with one attached hydrogen (secondary N) is 1. The molecule has 1 saturated carbocycles. The zero-order valence-electron chi connectivity index (χ0n) is 24.0. The Morgan fingerprint density at radius 3 is 2.26 bits per heavy atom. The number of carbonyl (C=O) groups excluding carboxylic acids is 2. The van der Waals surface area contributed by atoms with E-state index in [9.17, 15) is 18.0 Å². The fourth-order valence-corrected chi connectivity index (χ4v) is 6.91. The Hall–Kier alpha value is -3.56. The predicted molar refractivity (Wildman–Crippen MR) is 165 cm³/mol. The van der Waals surface area contributed by atoms with Crippen LogP contribution in [0.15, 0.2) is 83.8 Å². The molecule has 1 aliphatic rings. The molecule has 0 heterocycles. The number of hydrogen-bond acceptors (Lipinski definition) is 5. The molecule has 2 amide bonds. The number of nitrogens with zero attached hydrogens (tertiary/aromatic N) is 2. The molecule has 0 saturated heterocycles. The van der Waals surface area contributed by atoms with E-state index in [0.29, 0.717) is 29.4 Å². The predicted octanol–water partition coefficient (Wildman–Crippen LogP) is 5.80. The molecule has 0 aliphatic heterocycles. The van der Waals surface area contributed by atoms with Gasteiger partial charge in [-0.05, 0) is 62.1 Å². The zero-order chi connectivity index (χ0) is 30.1. The van der Waals surface area contributed by atoms with E-state index < -0.39 is 28.5 Å². The van der Waals surface area contributed by atoms with E-state index in [-0.39, 0.29) is 29.1 Å². The SMILES string of the molecule is CCOc1ccccc1N(CC(=O)N(Cc1ccccc1Cl)[C@@H](CC)C(=O)NC1CCCC1)S(=O)(=O)c1ccccc1.